The molecule has 0 spiro atoms. The first-order chi connectivity index (χ1) is 14.8. The number of benzene rings is 2. The number of aliphatic hydroxyl groups is 1. The number of nitrogen functional groups attached to an aromatic ring is 1. The smallest absolute Gasteiger partial charge is 0.475 e. The van der Waals surface area contributed by atoms with E-state index in [0.717, 1.165) is 6.07 Å². The lowest BCUT2D eigenvalue weighted by atomic mass is 9.98. The fourth-order valence-corrected chi connectivity index (χ4v) is 2.61. The van der Waals surface area contributed by atoms with Gasteiger partial charge in [-0.3, -0.25) is 0 Å². The van der Waals surface area contributed by atoms with Crippen LogP contribution in [0, 0.1) is 0 Å². The summed E-state index contributed by atoms with van der Waals surface area (Å²) in [6.07, 6.45) is -9.54. The van der Waals surface area contributed by atoms with Crippen LogP contribution >= 0.6 is 0 Å². The highest BCUT2D eigenvalue weighted by molar-refractivity contribution is 5.93. The third-order valence-corrected chi connectivity index (χ3v) is 3.90. The maximum atomic E-state index is 13.2. The quantitative estimate of drug-likeness (QED) is 0.434. The molecule has 172 valence electrons. The van der Waals surface area contributed by atoms with Gasteiger partial charge in [-0.05, 0) is 29.3 Å². The summed E-state index contributed by atoms with van der Waals surface area (Å²) < 4.78 is 71.4. The average Bonchev–Trinajstić information content (AvgIpc) is 2.70. The number of carboxylic acid groups (broad SMARTS) is 1. The molecule has 0 atom stereocenters. The number of hydrogen-bond donors (Lipinski definition) is 4. The van der Waals surface area contributed by atoms with Crippen molar-refractivity contribution in [3.05, 3.63) is 48.0 Å². The normalized spacial score (nSPS) is 11.6. The Morgan fingerprint density at radius 3 is 2.22 bits per heavy atom. The van der Waals surface area contributed by atoms with Gasteiger partial charge in [0.2, 0.25) is 5.95 Å². The second-order valence-electron chi connectivity index (χ2n) is 6.16. The molecule has 3 rings (SSSR count). The minimum Gasteiger partial charge on any atom is -0.475 e. The number of carbonyl (C=O) groups is 1. The van der Waals surface area contributed by atoms with Gasteiger partial charge in [-0.2, -0.15) is 31.3 Å². The molecule has 5 N–H and O–H groups in total. The Hall–Kier alpha value is -3.61. The zero-order valence-electron chi connectivity index (χ0n) is 16.0. The van der Waals surface area contributed by atoms with E-state index < -0.39 is 23.9 Å². The monoisotopic (exact) mass is 462 g/mol. The molecule has 0 radical (unpaired) electrons. The number of fused-ring (bicyclic) bond motifs is 1. The van der Waals surface area contributed by atoms with Crippen LogP contribution in [0.5, 0.6) is 0 Å². The second kappa shape index (κ2) is 9.68. The van der Waals surface area contributed by atoms with Gasteiger partial charge in [0, 0.05) is 11.9 Å². The molecule has 0 saturated heterocycles. The van der Waals surface area contributed by atoms with E-state index in [0.29, 0.717) is 22.3 Å². The van der Waals surface area contributed by atoms with E-state index in [2.05, 4.69) is 15.3 Å². The van der Waals surface area contributed by atoms with E-state index in [9.17, 15) is 26.3 Å². The summed E-state index contributed by atoms with van der Waals surface area (Å²) in [5, 5.41) is 19.6. The summed E-state index contributed by atoms with van der Waals surface area (Å²) in [6, 6.07) is 10.1. The SMILES string of the molecule is Nc1nc(NCCO)c2ccc(-c3ccccc3C(F)(F)F)cc2n1.O=C(O)C(F)(F)F. The molecular weight excluding hydrogens is 446 g/mol. The van der Waals surface area contributed by atoms with Gasteiger partial charge in [0.05, 0.1) is 17.7 Å². The zero-order valence-corrected chi connectivity index (χ0v) is 16.0. The van der Waals surface area contributed by atoms with Crippen LogP contribution in [0.4, 0.5) is 38.1 Å². The predicted molar refractivity (Wildman–Crippen MR) is 104 cm³/mol. The number of hydrogen-bond acceptors (Lipinski definition) is 6. The summed E-state index contributed by atoms with van der Waals surface area (Å²) in [7, 11) is 0. The molecule has 0 aliphatic heterocycles. The van der Waals surface area contributed by atoms with Crippen LogP contribution in [0.25, 0.3) is 22.0 Å². The minimum atomic E-state index is -5.08. The molecule has 7 nitrogen and oxygen atoms in total. The summed E-state index contributed by atoms with van der Waals surface area (Å²) >= 11 is 0. The van der Waals surface area contributed by atoms with Crippen molar-refractivity contribution in [2.45, 2.75) is 12.4 Å². The maximum absolute atomic E-state index is 13.2. The fraction of sp³-hybridized carbons (Fsp3) is 0.211. The number of aliphatic carboxylic acids is 1. The van der Waals surface area contributed by atoms with Crippen molar-refractivity contribution in [1.82, 2.24) is 9.97 Å². The van der Waals surface area contributed by atoms with Gasteiger partial charge in [-0.15, -0.1) is 0 Å². The molecule has 13 heteroatoms. The van der Waals surface area contributed by atoms with Crippen LogP contribution in [0.15, 0.2) is 42.5 Å². The molecular formula is C19H16F6N4O3. The lowest BCUT2D eigenvalue weighted by Crippen LogP contribution is -2.21. The van der Waals surface area contributed by atoms with Gasteiger partial charge in [0.25, 0.3) is 0 Å². The zero-order chi connectivity index (χ0) is 24.1. The molecule has 0 amide bonds. The Morgan fingerprint density at radius 2 is 1.66 bits per heavy atom. The standard InChI is InChI=1S/C17H15F3N4O.C2HF3O2/c18-17(19,20)13-4-2-1-3-11(13)10-5-6-12-14(9-10)23-16(21)24-15(12)22-7-8-25;3-2(4,5)1(6)7/h1-6,9,25H,7-8H2,(H3,21,22,23,24);(H,6,7). The van der Waals surface area contributed by atoms with Crippen molar-refractivity contribution >= 4 is 28.6 Å². The van der Waals surface area contributed by atoms with E-state index in [-0.39, 0.29) is 24.7 Å². The number of carboxylic acids is 1. The number of aromatic nitrogens is 2. The highest BCUT2D eigenvalue weighted by atomic mass is 19.4. The predicted octanol–water partition coefficient (Wildman–Crippen LogP) is 3.94. The van der Waals surface area contributed by atoms with E-state index in [1.54, 1.807) is 24.3 Å². The highest BCUT2D eigenvalue weighted by Gasteiger charge is 2.38. The van der Waals surface area contributed by atoms with Crippen LogP contribution in [0.1, 0.15) is 5.56 Å². The third kappa shape index (κ3) is 6.20. The van der Waals surface area contributed by atoms with Crippen LogP contribution in [-0.4, -0.2) is 45.5 Å². The maximum Gasteiger partial charge on any atom is 0.490 e. The van der Waals surface area contributed by atoms with Crippen molar-refractivity contribution in [2.75, 3.05) is 24.2 Å². The largest absolute Gasteiger partial charge is 0.490 e. The first-order valence-electron chi connectivity index (χ1n) is 8.73. The third-order valence-electron chi connectivity index (χ3n) is 3.90. The van der Waals surface area contributed by atoms with Gasteiger partial charge in [0.15, 0.2) is 0 Å². The molecule has 3 aromatic rings. The van der Waals surface area contributed by atoms with Gasteiger partial charge in [0.1, 0.15) is 5.82 Å². The lowest BCUT2D eigenvalue weighted by molar-refractivity contribution is -0.192. The van der Waals surface area contributed by atoms with Crippen LogP contribution in [-0.2, 0) is 11.0 Å². The lowest BCUT2D eigenvalue weighted by Gasteiger charge is -2.14. The number of alkyl halides is 6. The number of anilines is 2. The summed E-state index contributed by atoms with van der Waals surface area (Å²) in [4.78, 5) is 17.1. The van der Waals surface area contributed by atoms with Gasteiger partial charge < -0.3 is 21.3 Å². The van der Waals surface area contributed by atoms with Crippen LogP contribution < -0.4 is 11.1 Å². The molecule has 0 aliphatic rings. The van der Waals surface area contributed by atoms with Crippen LogP contribution in [0.2, 0.25) is 0 Å². The topological polar surface area (TPSA) is 121 Å². The van der Waals surface area contributed by atoms with Crippen LogP contribution in [0.3, 0.4) is 0 Å². The van der Waals surface area contributed by atoms with E-state index >= 15 is 0 Å². The molecule has 2 aromatic carbocycles. The fourth-order valence-electron chi connectivity index (χ4n) is 2.61. The van der Waals surface area contributed by atoms with Gasteiger partial charge >= 0.3 is 18.3 Å². The summed E-state index contributed by atoms with van der Waals surface area (Å²) in [6.45, 7) is 0.173. The second-order valence-corrected chi connectivity index (χ2v) is 6.16. The number of halogens is 6. The molecule has 0 fully saturated rings. The first kappa shape index (κ1) is 24.7. The number of nitrogens with one attached hydrogen (secondary N) is 1. The van der Waals surface area contributed by atoms with Crippen molar-refractivity contribution < 1.29 is 41.4 Å². The highest BCUT2D eigenvalue weighted by Crippen LogP contribution is 2.38. The Labute approximate surface area is 176 Å². The van der Waals surface area contributed by atoms with E-state index in [1.165, 1.54) is 12.1 Å². The van der Waals surface area contributed by atoms with Crippen molar-refractivity contribution in [1.29, 1.82) is 0 Å². The Bertz CT molecular complexity index is 1100. The average molecular weight is 462 g/mol. The first-order valence-corrected chi connectivity index (χ1v) is 8.73. The Balaban J connectivity index is 0.000000451. The molecule has 32 heavy (non-hydrogen) atoms. The number of aliphatic hydroxyl groups excluding tert-OH is 1. The molecule has 0 saturated carbocycles. The number of nitrogens with two attached hydrogens (primary N) is 1. The van der Waals surface area contributed by atoms with E-state index in [4.69, 9.17) is 20.7 Å². The minimum absolute atomic E-state index is 0.00537. The Morgan fingerprint density at radius 1 is 1.03 bits per heavy atom. The molecule has 1 aromatic heterocycles. The summed E-state index contributed by atoms with van der Waals surface area (Å²) in [5.41, 5.74) is 5.84. The van der Waals surface area contributed by atoms with Gasteiger partial charge in [-0.1, -0.05) is 24.3 Å². The van der Waals surface area contributed by atoms with E-state index in [1.807, 2.05) is 0 Å². The molecule has 0 aliphatic carbocycles. The van der Waals surface area contributed by atoms with Crippen molar-refractivity contribution in [2.24, 2.45) is 0 Å². The Kier molecular flexibility index (Phi) is 7.46. The molecule has 0 unspecified atom stereocenters. The number of rotatable bonds is 4. The molecule has 0 bridgehead atoms. The van der Waals surface area contributed by atoms with Crippen molar-refractivity contribution in [3.8, 4) is 11.1 Å². The van der Waals surface area contributed by atoms with Gasteiger partial charge in [-0.25, -0.2) is 9.78 Å². The molecule has 1 heterocycles. The number of nitrogens with zero attached hydrogens (tertiary/aromatic N) is 2. The summed E-state index contributed by atoms with van der Waals surface area (Å²) in [5.74, 6) is -2.34. The van der Waals surface area contributed by atoms with Crippen molar-refractivity contribution in [3.63, 3.8) is 0 Å².